The van der Waals surface area contributed by atoms with E-state index < -0.39 is 5.92 Å². The number of carbonyl (C=O) groups excluding carboxylic acids is 1. The van der Waals surface area contributed by atoms with Gasteiger partial charge in [-0.1, -0.05) is 37.6 Å². The number of amides is 1. The Labute approximate surface area is 113 Å². The smallest absolute Gasteiger partial charge is 0.235 e. The first-order chi connectivity index (χ1) is 9.12. The molecule has 0 heterocycles. The van der Waals surface area contributed by atoms with Crippen LogP contribution in [-0.2, 0) is 11.2 Å². The van der Waals surface area contributed by atoms with Crippen molar-refractivity contribution < 1.29 is 10.0 Å². The Morgan fingerprint density at radius 1 is 1.37 bits per heavy atom. The van der Waals surface area contributed by atoms with Crippen molar-refractivity contribution in [2.75, 3.05) is 5.32 Å². The molecule has 0 fully saturated rings. The van der Waals surface area contributed by atoms with Gasteiger partial charge in [-0.25, -0.2) is 0 Å². The van der Waals surface area contributed by atoms with Gasteiger partial charge < -0.3 is 16.3 Å². The average Bonchev–Trinajstić information content (AvgIpc) is 2.44. The van der Waals surface area contributed by atoms with E-state index in [1.807, 2.05) is 31.2 Å². The number of hydrogen-bond acceptors (Lipinski definition) is 3. The van der Waals surface area contributed by atoms with E-state index in [9.17, 15) is 4.79 Å². The molecular formula is C14H21N3O2. The van der Waals surface area contributed by atoms with Crippen LogP contribution in [0.5, 0.6) is 0 Å². The Hall–Kier alpha value is -2.04. The number of amidine groups is 1. The number of rotatable bonds is 6. The minimum absolute atomic E-state index is 0.0514. The summed E-state index contributed by atoms with van der Waals surface area (Å²) in [6, 6.07) is 7.64. The first-order valence-electron chi connectivity index (χ1n) is 6.49. The molecule has 5 nitrogen and oxygen atoms in total. The van der Waals surface area contributed by atoms with Crippen LogP contribution in [0.1, 0.15) is 32.3 Å². The summed E-state index contributed by atoms with van der Waals surface area (Å²) in [6.07, 6.45) is 2.29. The number of nitrogens with zero attached hydrogens (tertiary/aromatic N) is 1. The summed E-state index contributed by atoms with van der Waals surface area (Å²) < 4.78 is 0. The first kappa shape index (κ1) is 15.0. The summed E-state index contributed by atoms with van der Waals surface area (Å²) in [6.45, 7) is 4.02. The van der Waals surface area contributed by atoms with Crippen LogP contribution >= 0.6 is 0 Å². The summed E-state index contributed by atoms with van der Waals surface area (Å²) in [5.41, 5.74) is 7.47. The van der Waals surface area contributed by atoms with E-state index in [1.54, 1.807) is 0 Å². The zero-order valence-corrected chi connectivity index (χ0v) is 11.4. The molecule has 1 amide bonds. The van der Waals surface area contributed by atoms with Crippen molar-refractivity contribution in [1.29, 1.82) is 0 Å². The number of oxime groups is 1. The zero-order valence-electron chi connectivity index (χ0n) is 11.4. The second kappa shape index (κ2) is 7.41. The summed E-state index contributed by atoms with van der Waals surface area (Å²) >= 11 is 0. The molecule has 1 aromatic rings. The van der Waals surface area contributed by atoms with E-state index in [0.29, 0.717) is 12.1 Å². The number of aryl methyl sites for hydroxylation is 1. The lowest BCUT2D eigenvalue weighted by Crippen LogP contribution is -2.34. The Bertz CT molecular complexity index is 441. The van der Waals surface area contributed by atoms with E-state index in [0.717, 1.165) is 12.8 Å². The molecule has 1 unspecified atom stereocenters. The van der Waals surface area contributed by atoms with Gasteiger partial charge in [0.05, 0.1) is 5.92 Å². The third-order valence-corrected chi connectivity index (χ3v) is 3.00. The van der Waals surface area contributed by atoms with Gasteiger partial charge in [0.25, 0.3) is 0 Å². The van der Waals surface area contributed by atoms with Crippen molar-refractivity contribution in [1.82, 2.24) is 0 Å². The number of nitrogens with two attached hydrogens (primary N) is 1. The molecule has 0 saturated heterocycles. The number of benzene rings is 1. The highest BCUT2D eigenvalue weighted by Crippen LogP contribution is 2.14. The molecule has 0 radical (unpaired) electrons. The van der Waals surface area contributed by atoms with Gasteiger partial charge in [-0.15, -0.1) is 0 Å². The Morgan fingerprint density at radius 3 is 2.47 bits per heavy atom. The van der Waals surface area contributed by atoms with Crippen LogP contribution in [0.25, 0.3) is 0 Å². The summed E-state index contributed by atoms with van der Waals surface area (Å²) in [5.74, 6) is -0.897. The maximum Gasteiger partial charge on any atom is 0.235 e. The molecule has 0 spiro atoms. The minimum Gasteiger partial charge on any atom is -0.409 e. The van der Waals surface area contributed by atoms with Crippen LogP contribution in [0.3, 0.4) is 0 Å². The van der Waals surface area contributed by atoms with E-state index in [4.69, 9.17) is 10.9 Å². The standard InChI is InChI=1S/C14H21N3O2/c1-3-5-12(13(15)17-19)14(18)16-11-8-6-10(4-2)7-9-11/h6-9,12,19H,3-5H2,1-2H3,(H2,15,17)(H,16,18). The lowest BCUT2D eigenvalue weighted by atomic mass is 10.0. The topological polar surface area (TPSA) is 87.7 Å². The molecule has 1 aromatic carbocycles. The maximum atomic E-state index is 12.1. The molecule has 0 saturated carbocycles. The molecule has 0 bridgehead atoms. The van der Waals surface area contributed by atoms with Crippen LogP contribution in [-0.4, -0.2) is 17.0 Å². The van der Waals surface area contributed by atoms with Crippen LogP contribution in [0.4, 0.5) is 5.69 Å². The molecular weight excluding hydrogens is 242 g/mol. The van der Waals surface area contributed by atoms with Gasteiger partial charge in [0, 0.05) is 5.69 Å². The molecule has 0 aromatic heterocycles. The predicted molar refractivity (Wildman–Crippen MR) is 76.3 cm³/mol. The van der Waals surface area contributed by atoms with Crippen molar-refractivity contribution in [2.45, 2.75) is 33.1 Å². The molecule has 4 N–H and O–H groups in total. The van der Waals surface area contributed by atoms with Crippen molar-refractivity contribution in [3.63, 3.8) is 0 Å². The molecule has 0 aliphatic carbocycles. The molecule has 1 atom stereocenters. The molecule has 0 aliphatic heterocycles. The van der Waals surface area contributed by atoms with E-state index >= 15 is 0 Å². The molecule has 104 valence electrons. The quantitative estimate of drug-likeness (QED) is 0.318. The highest BCUT2D eigenvalue weighted by atomic mass is 16.4. The van der Waals surface area contributed by atoms with E-state index in [2.05, 4.69) is 17.4 Å². The fraction of sp³-hybridized carbons (Fsp3) is 0.429. The molecule has 1 rings (SSSR count). The van der Waals surface area contributed by atoms with Gasteiger partial charge in [-0.05, 0) is 30.5 Å². The zero-order chi connectivity index (χ0) is 14.3. The van der Waals surface area contributed by atoms with E-state index in [-0.39, 0.29) is 11.7 Å². The average molecular weight is 263 g/mol. The monoisotopic (exact) mass is 263 g/mol. The largest absolute Gasteiger partial charge is 0.409 e. The van der Waals surface area contributed by atoms with Crippen LogP contribution in [0, 0.1) is 5.92 Å². The molecule has 19 heavy (non-hydrogen) atoms. The molecule has 5 heteroatoms. The lowest BCUT2D eigenvalue weighted by molar-refractivity contribution is -0.118. The summed E-state index contributed by atoms with van der Waals surface area (Å²) in [5, 5.41) is 14.4. The van der Waals surface area contributed by atoms with Crippen molar-refractivity contribution in [3.8, 4) is 0 Å². The number of carbonyl (C=O) groups is 1. The third-order valence-electron chi connectivity index (χ3n) is 3.00. The van der Waals surface area contributed by atoms with Gasteiger partial charge >= 0.3 is 0 Å². The second-order valence-corrected chi connectivity index (χ2v) is 4.41. The highest BCUT2D eigenvalue weighted by molar-refractivity contribution is 6.07. The predicted octanol–water partition coefficient (Wildman–Crippen LogP) is 2.35. The van der Waals surface area contributed by atoms with Gasteiger partial charge in [0.1, 0.15) is 0 Å². The summed E-state index contributed by atoms with van der Waals surface area (Å²) in [7, 11) is 0. The van der Waals surface area contributed by atoms with Gasteiger partial charge in [-0.2, -0.15) is 0 Å². The second-order valence-electron chi connectivity index (χ2n) is 4.41. The number of anilines is 1. The Balaban J connectivity index is 2.75. The van der Waals surface area contributed by atoms with Crippen molar-refractivity contribution >= 4 is 17.4 Å². The fourth-order valence-electron chi connectivity index (χ4n) is 1.82. The Morgan fingerprint density at radius 2 is 2.00 bits per heavy atom. The molecule has 0 aliphatic rings. The van der Waals surface area contributed by atoms with Gasteiger partial charge in [0.2, 0.25) is 5.91 Å². The SMILES string of the molecule is CCCC(C(=O)Nc1ccc(CC)cc1)C(N)=NO. The maximum absolute atomic E-state index is 12.1. The van der Waals surface area contributed by atoms with E-state index in [1.165, 1.54) is 5.56 Å². The third kappa shape index (κ3) is 4.28. The summed E-state index contributed by atoms with van der Waals surface area (Å²) in [4.78, 5) is 12.1. The normalized spacial score (nSPS) is 13.1. The van der Waals surface area contributed by atoms with Gasteiger partial charge in [-0.3, -0.25) is 4.79 Å². The number of nitrogens with one attached hydrogen (secondary N) is 1. The van der Waals surface area contributed by atoms with Crippen molar-refractivity contribution in [2.24, 2.45) is 16.8 Å². The van der Waals surface area contributed by atoms with Crippen LogP contribution in [0.15, 0.2) is 29.4 Å². The fourth-order valence-corrected chi connectivity index (χ4v) is 1.82. The van der Waals surface area contributed by atoms with Crippen LogP contribution < -0.4 is 11.1 Å². The Kier molecular flexibility index (Phi) is 5.85. The van der Waals surface area contributed by atoms with Gasteiger partial charge in [0.15, 0.2) is 5.84 Å². The first-order valence-corrected chi connectivity index (χ1v) is 6.49. The highest BCUT2D eigenvalue weighted by Gasteiger charge is 2.22. The lowest BCUT2D eigenvalue weighted by Gasteiger charge is -2.14. The van der Waals surface area contributed by atoms with Crippen LogP contribution in [0.2, 0.25) is 0 Å². The minimum atomic E-state index is -0.596. The van der Waals surface area contributed by atoms with Crippen molar-refractivity contribution in [3.05, 3.63) is 29.8 Å². The number of hydrogen-bond donors (Lipinski definition) is 3.